The van der Waals surface area contributed by atoms with E-state index in [-0.39, 0.29) is 0 Å². The molecule has 1 aromatic rings. The van der Waals surface area contributed by atoms with Crippen molar-refractivity contribution in [1.82, 2.24) is 0 Å². The monoisotopic (exact) mass is 292 g/mol. The summed E-state index contributed by atoms with van der Waals surface area (Å²) in [5, 5.41) is 1.87. The Kier molecular flexibility index (Phi) is 4.31. The van der Waals surface area contributed by atoms with Crippen LogP contribution in [-0.4, -0.2) is 5.91 Å². The Morgan fingerprint density at radius 3 is 1.80 bits per heavy atom. The molecule has 0 aliphatic carbocycles. The highest BCUT2D eigenvalue weighted by Gasteiger charge is 2.30. The van der Waals surface area contributed by atoms with E-state index < -0.39 is 51.9 Å². The summed E-state index contributed by atoms with van der Waals surface area (Å²) in [7, 11) is 0. The van der Waals surface area contributed by atoms with E-state index in [0.717, 1.165) is 0 Å². The zero-order valence-corrected chi connectivity index (χ0v) is 11.6. The van der Waals surface area contributed by atoms with E-state index >= 15 is 0 Å². The molecule has 0 aliphatic rings. The number of carbonyl (C=O) groups excluding carboxylic acids is 1. The van der Waals surface area contributed by atoms with Gasteiger partial charge in [0.2, 0.25) is 5.91 Å². The molecule has 1 unspecified atom stereocenters. The lowest BCUT2D eigenvalue weighted by Crippen LogP contribution is -2.31. The standard InChI is InChI=1S/C13H16F4N2O/c1-5(13(2,3)4)12(20)19-11-8(16)6(14)10(18)7(15)9(11)17/h5H,18H2,1-4H3,(H,19,20). The first kappa shape index (κ1) is 16.3. The van der Waals surface area contributed by atoms with Gasteiger partial charge in [0.15, 0.2) is 23.3 Å². The lowest BCUT2D eigenvalue weighted by Gasteiger charge is -2.26. The number of halogens is 4. The third kappa shape index (κ3) is 2.86. The number of nitrogen functional groups attached to an aromatic ring is 1. The molecule has 0 aliphatic heterocycles. The van der Waals surface area contributed by atoms with Crippen LogP contribution in [0, 0.1) is 34.6 Å². The van der Waals surface area contributed by atoms with Crippen molar-refractivity contribution in [2.75, 3.05) is 11.1 Å². The number of anilines is 2. The lowest BCUT2D eigenvalue weighted by atomic mass is 9.81. The topological polar surface area (TPSA) is 55.1 Å². The molecule has 0 bridgehead atoms. The molecule has 1 atom stereocenters. The molecule has 0 saturated heterocycles. The fraction of sp³-hybridized carbons (Fsp3) is 0.462. The van der Waals surface area contributed by atoms with Crippen molar-refractivity contribution in [1.29, 1.82) is 0 Å². The number of benzene rings is 1. The molecule has 112 valence electrons. The minimum absolute atomic E-state index is 0.484. The number of hydrogen-bond donors (Lipinski definition) is 2. The molecule has 20 heavy (non-hydrogen) atoms. The maximum absolute atomic E-state index is 13.5. The first-order chi connectivity index (χ1) is 8.98. The summed E-state index contributed by atoms with van der Waals surface area (Å²) in [6.45, 7) is 6.77. The summed E-state index contributed by atoms with van der Waals surface area (Å²) >= 11 is 0. The third-order valence-corrected chi connectivity index (χ3v) is 3.24. The van der Waals surface area contributed by atoms with Crippen molar-refractivity contribution in [3.63, 3.8) is 0 Å². The van der Waals surface area contributed by atoms with Crippen LogP contribution in [0.3, 0.4) is 0 Å². The number of nitrogens with one attached hydrogen (secondary N) is 1. The van der Waals surface area contributed by atoms with Crippen LogP contribution >= 0.6 is 0 Å². The average Bonchev–Trinajstić information content (AvgIpc) is 2.36. The SMILES string of the molecule is CC(C(=O)Nc1c(F)c(F)c(N)c(F)c1F)C(C)(C)C. The fourth-order valence-corrected chi connectivity index (χ4v) is 1.38. The molecule has 1 aromatic carbocycles. The summed E-state index contributed by atoms with van der Waals surface area (Å²) in [5.74, 6) is -8.30. The molecule has 1 amide bonds. The summed E-state index contributed by atoms with van der Waals surface area (Å²) in [5.41, 5.74) is 1.95. The van der Waals surface area contributed by atoms with Gasteiger partial charge < -0.3 is 11.1 Å². The van der Waals surface area contributed by atoms with E-state index in [4.69, 9.17) is 5.73 Å². The van der Waals surface area contributed by atoms with Gasteiger partial charge in [-0.25, -0.2) is 17.6 Å². The number of carbonyl (C=O) groups is 1. The zero-order chi connectivity index (χ0) is 15.8. The van der Waals surface area contributed by atoms with Gasteiger partial charge in [0.05, 0.1) is 0 Å². The molecule has 7 heteroatoms. The highest BCUT2D eigenvalue weighted by molar-refractivity contribution is 5.93. The highest BCUT2D eigenvalue weighted by atomic mass is 19.2. The van der Waals surface area contributed by atoms with Crippen molar-refractivity contribution < 1.29 is 22.4 Å². The number of hydrogen-bond acceptors (Lipinski definition) is 2. The smallest absolute Gasteiger partial charge is 0.227 e. The summed E-state index contributed by atoms with van der Waals surface area (Å²) in [6, 6.07) is 0. The van der Waals surface area contributed by atoms with Crippen LogP contribution in [0.15, 0.2) is 0 Å². The maximum atomic E-state index is 13.5. The quantitative estimate of drug-likeness (QED) is 0.498. The van der Waals surface area contributed by atoms with Crippen molar-refractivity contribution in [3.05, 3.63) is 23.3 Å². The van der Waals surface area contributed by atoms with Gasteiger partial charge in [-0.2, -0.15) is 0 Å². The minimum Gasteiger partial charge on any atom is -0.394 e. The number of nitrogens with two attached hydrogens (primary N) is 1. The van der Waals surface area contributed by atoms with E-state index in [1.807, 2.05) is 5.32 Å². The van der Waals surface area contributed by atoms with Gasteiger partial charge in [-0.1, -0.05) is 27.7 Å². The van der Waals surface area contributed by atoms with Crippen LogP contribution in [0.1, 0.15) is 27.7 Å². The van der Waals surface area contributed by atoms with E-state index in [0.29, 0.717) is 0 Å². The Bertz CT molecular complexity index is 523. The molecule has 0 radical (unpaired) electrons. The molecule has 0 heterocycles. The second-order valence-corrected chi connectivity index (χ2v) is 5.62. The van der Waals surface area contributed by atoms with Crippen LogP contribution in [0.2, 0.25) is 0 Å². The normalized spacial score (nSPS) is 13.2. The molecular formula is C13H16F4N2O. The second-order valence-electron chi connectivity index (χ2n) is 5.62. The maximum Gasteiger partial charge on any atom is 0.227 e. The molecule has 0 fully saturated rings. The molecule has 0 saturated carbocycles. The highest BCUT2D eigenvalue weighted by Crippen LogP contribution is 2.31. The van der Waals surface area contributed by atoms with Crippen LogP contribution in [0.25, 0.3) is 0 Å². The van der Waals surface area contributed by atoms with Gasteiger partial charge in [-0.15, -0.1) is 0 Å². The average molecular weight is 292 g/mol. The van der Waals surface area contributed by atoms with Gasteiger partial charge >= 0.3 is 0 Å². The lowest BCUT2D eigenvalue weighted by molar-refractivity contribution is -0.122. The number of amides is 1. The van der Waals surface area contributed by atoms with Crippen LogP contribution in [0.5, 0.6) is 0 Å². The largest absolute Gasteiger partial charge is 0.394 e. The molecule has 0 spiro atoms. The van der Waals surface area contributed by atoms with E-state index in [1.54, 1.807) is 20.8 Å². The van der Waals surface area contributed by atoms with Gasteiger partial charge in [-0.3, -0.25) is 4.79 Å². The molecule has 1 rings (SSSR count). The molecule has 3 N–H and O–H groups in total. The van der Waals surface area contributed by atoms with Crippen LogP contribution < -0.4 is 11.1 Å². The minimum atomic E-state index is -1.73. The zero-order valence-electron chi connectivity index (χ0n) is 11.6. The van der Waals surface area contributed by atoms with Gasteiger partial charge in [0.1, 0.15) is 11.4 Å². The van der Waals surface area contributed by atoms with Crippen molar-refractivity contribution >= 4 is 17.3 Å². The van der Waals surface area contributed by atoms with E-state index in [2.05, 4.69) is 0 Å². The Morgan fingerprint density at radius 2 is 1.45 bits per heavy atom. The molecule has 0 aromatic heterocycles. The summed E-state index contributed by atoms with van der Waals surface area (Å²) in [4.78, 5) is 11.9. The van der Waals surface area contributed by atoms with E-state index in [9.17, 15) is 22.4 Å². The van der Waals surface area contributed by atoms with Crippen molar-refractivity contribution in [2.45, 2.75) is 27.7 Å². The third-order valence-electron chi connectivity index (χ3n) is 3.24. The molecular weight excluding hydrogens is 276 g/mol. The van der Waals surface area contributed by atoms with Crippen LogP contribution in [0.4, 0.5) is 28.9 Å². The molecule has 3 nitrogen and oxygen atoms in total. The van der Waals surface area contributed by atoms with Gasteiger partial charge in [0.25, 0.3) is 0 Å². The summed E-state index contributed by atoms with van der Waals surface area (Å²) in [6.07, 6.45) is 0. The van der Waals surface area contributed by atoms with Crippen molar-refractivity contribution in [2.24, 2.45) is 11.3 Å². The second kappa shape index (κ2) is 5.30. The Morgan fingerprint density at radius 1 is 1.05 bits per heavy atom. The summed E-state index contributed by atoms with van der Waals surface area (Å²) < 4.78 is 53.6. The van der Waals surface area contributed by atoms with Crippen molar-refractivity contribution in [3.8, 4) is 0 Å². The Labute approximate surface area is 114 Å². The fourth-order valence-electron chi connectivity index (χ4n) is 1.38. The first-order valence-corrected chi connectivity index (χ1v) is 5.90. The Balaban J connectivity index is 3.21. The van der Waals surface area contributed by atoms with E-state index in [1.165, 1.54) is 6.92 Å². The van der Waals surface area contributed by atoms with Gasteiger partial charge in [-0.05, 0) is 5.41 Å². The predicted molar refractivity (Wildman–Crippen MR) is 67.9 cm³/mol. The Hall–Kier alpha value is -1.79. The first-order valence-electron chi connectivity index (χ1n) is 5.90. The van der Waals surface area contributed by atoms with Gasteiger partial charge in [0, 0.05) is 5.92 Å². The number of rotatable bonds is 2. The predicted octanol–water partition coefficient (Wildman–Crippen LogP) is 3.45. The van der Waals surface area contributed by atoms with Crippen LogP contribution in [-0.2, 0) is 4.79 Å².